The van der Waals surface area contributed by atoms with Gasteiger partial charge >= 0.3 is 0 Å². The summed E-state index contributed by atoms with van der Waals surface area (Å²) in [5, 5.41) is 2.53. The van der Waals surface area contributed by atoms with E-state index in [1.165, 1.54) is 0 Å². The molecule has 0 saturated carbocycles. The molecule has 0 aromatic heterocycles. The van der Waals surface area contributed by atoms with E-state index >= 15 is 0 Å². The number of benzene rings is 1. The van der Waals surface area contributed by atoms with Gasteiger partial charge in [0, 0.05) is 11.8 Å². The largest absolute Gasteiger partial charge is 0.490 e. The zero-order valence-electron chi connectivity index (χ0n) is 6.83. The van der Waals surface area contributed by atoms with E-state index in [-0.39, 0.29) is 0 Å². The van der Waals surface area contributed by atoms with Gasteiger partial charge in [0.25, 0.3) is 0 Å². The normalized spacial score (nSPS) is 9.17. The molecule has 1 amide bonds. The molecule has 12 heavy (non-hydrogen) atoms. The summed E-state index contributed by atoms with van der Waals surface area (Å²) in [6.07, 6.45) is 0.627. The molecule has 1 N–H and O–H groups in total. The number of hydrogen-bond donors (Lipinski definition) is 1. The molecule has 3 nitrogen and oxygen atoms in total. The highest BCUT2D eigenvalue weighted by molar-refractivity contribution is 5.72. The molecule has 0 spiro atoms. The summed E-state index contributed by atoms with van der Waals surface area (Å²) in [5.41, 5.74) is 1.73. The molecule has 0 aliphatic heterocycles. The van der Waals surface area contributed by atoms with E-state index in [2.05, 4.69) is 12.4 Å². The molecule has 0 aliphatic carbocycles. The van der Waals surface area contributed by atoms with E-state index in [0.29, 0.717) is 17.8 Å². The van der Waals surface area contributed by atoms with Gasteiger partial charge in [-0.1, -0.05) is 0 Å². The maximum Gasteiger partial charge on any atom is 0.211 e. The highest BCUT2D eigenvalue weighted by atomic mass is 16.5. The fourth-order valence-electron chi connectivity index (χ4n) is 0.983. The van der Waals surface area contributed by atoms with Gasteiger partial charge in [-0.05, 0) is 24.6 Å². The summed E-state index contributed by atoms with van der Waals surface area (Å²) >= 11 is 0. The molecule has 0 unspecified atom stereocenters. The molecule has 0 atom stereocenters. The second-order valence-corrected chi connectivity index (χ2v) is 2.44. The van der Waals surface area contributed by atoms with Gasteiger partial charge in [-0.3, -0.25) is 4.79 Å². The third-order valence-corrected chi connectivity index (χ3v) is 1.44. The van der Waals surface area contributed by atoms with Gasteiger partial charge in [-0.15, -0.1) is 0 Å². The number of hydrogen-bond acceptors (Lipinski definition) is 2. The van der Waals surface area contributed by atoms with Gasteiger partial charge < -0.3 is 10.1 Å². The average molecular weight is 164 g/mol. The second-order valence-electron chi connectivity index (χ2n) is 2.44. The van der Waals surface area contributed by atoms with Crippen LogP contribution in [0, 0.1) is 14.0 Å². The van der Waals surface area contributed by atoms with Crippen molar-refractivity contribution < 1.29 is 9.53 Å². The van der Waals surface area contributed by atoms with Crippen molar-refractivity contribution in [3.8, 4) is 5.75 Å². The third-order valence-electron chi connectivity index (χ3n) is 1.44. The Morgan fingerprint density at radius 3 is 2.83 bits per heavy atom. The van der Waals surface area contributed by atoms with Crippen LogP contribution in [0.1, 0.15) is 5.56 Å². The highest BCUT2D eigenvalue weighted by Gasteiger charge is 1.96. The first-order valence-electron chi connectivity index (χ1n) is 3.50. The summed E-state index contributed by atoms with van der Waals surface area (Å²) in [6.45, 7) is 1.92. The van der Waals surface area contributed by atoms with Crippen LogP contribution in [-0.2, 0) is 4.79 Å². The van der Waals surface area contributed by atoms with E-state index in [9.17, 15) is 4.79 Å². The fourth-order valence-corrected chi connectivity index (χ4v) is 0.983. The Bertz CT molecular complexity index is 284. The molecule has 0 saturated heterocycles. The molecule has 1 aromatic carbocycles. The average Bonchev–Trinajstić information content (AvgIpc) is 2.04. The van der Waals surface area contributed by atoms with Crippen LogP contribution in [0.3, 0.4) is 0 Å². The Labute approximate surface area is 71.4 Å². The van der Waals surface area contributed by atoms with Crippen molar-refractivity contribution in [2.45, 2.75) is 6.92 Å². The molecule has 0 aliphatic rings. The minimum Gasteiger partial charge on any atom is -0.490 e. The number of nitrogens with one attached hydrogen (secondary N) is 1. The quantitative estimate of drug-likeness (QED) is 0.691. The molecular weight excluding hydrogens is 154 g/mol. The minimum atomic E-state index is 0.627. The van der Waals surface area contributed by atoms with E-state index < -0.39 is 0 Å². The molecule has 1 rings (SSSR count). The van der Waals surface area contributed by atoms with Crippen molar-refractivity contribution in [2.75, 3.05) is 5.32 Å². The first-order valence-corrected chi connectivity index (χ1v) is 3.50. The van der Waals surface area contributed by atoms with Crippen LogP contribution in [0.25, 0.3) is 0 Å². The van der Waals surface area contributed by atoms with Crippen molar-refractivity contribution in [3.63, 3.8) is 0 Å². The number of anilines is 1. The smallest absolute Gasteiger partial charge is 0.211 e. The van der Waals surface area contributed by atoms with Gasteiger partial charge in [-0.25, -0.2) is 0 Å². The van der Waals surface area contributed by atoms with Crippen LogP contribution >= 0.6 is 0 Å². The number of carbonyl (C=O) groups is 1. The monoisotopic (exact) mass is 164 g/mol. The van der Waals surface area contributed by atoms with Crippen molar-refractivity contribution >= 4 is 12.1 Å². The number of aryl methyl sites for hydroxylation is 1. The van der Waals surface area contributed by atoms with Gasteiger partial charge in [0.2, 0.25) is 6.41 Å². The zero-order chi connectivity index (χ0) is 8.97. The van der Waals surface area contributed by atoms with Crippen LogP contribution in [0.15, 0.2) is 18.2 Å². The fraction of sp³-hybridized carbons (Fsp3) is 0.111. The first-order chi connectivity index (χ1) is 5.76. The van der Waals surface area contributed by atoms with Crippen LogP contribution in [-0.4, -0.2) is 6.41 Å². The molecule has 1 aromatic rings. The lowest BCUT2D eigenvalue weighted by Crippen LogP contribution is -1.94. The Morgan fingerprint density at radius 1 is 1.50 bits per heavy atom. The van der Waals surface area contributed by atoms with Gasteiger partial charge in [-0.2, -0.15) is 0 Å². The Morgan fingerprint density at radius 2 is 2.25 bits per heavy atom. The summed E-state index contributed by atoms with van der Waals surface area (Å²) in [7, 11) is 3.28. The van der Waals surface area contributed by atoms with E-state index in [4.69, 9.17) is 4.74 Å². The number of amides is 1. The van der Waals surface area contributed by atoms with Crippen molar-refractivity contribution in [1.29, 1.82) is 0 Å². The molecule has 0 bridgehead atoms. The van der Waals surface area contributed by atoms with E-state index in [1.807, 2.05) is 19.1 Å². The third kappa shape index (κ3) is 1.99. The van der Waals surface area contributed by atoms with E-state index in [0.717, 1.165) is 5.56 Å². The molecule has 1 radical (unpaired) electrons. The summed E-state index contributed by atoms with van der Waals surface area (Å²) in [5.74, 6) is 0.638. The van der Waals surface area contributed by atoms with Gasteiger partial charge in [0.05, 0.1) is 0 Å². The SMILES string of the molecule is [CH2]Oc1cc(C)cc(NC=O)c1. The van der Waals surface area contributed by atoms with Crippen LogP contribution in [0.2, 0.25) is 0 Å². The zero-order valence-corrected chi connectivity index (χ0v) is 6.83. The lowest BCUT2D eigenvalue weighted by Gasteiger charge is -2.04. The number of rotatable bonds is 3. The van der Waals surface area contributed by atoms with Crippen molar-refractivity contribution in [1.82, 2.24) is 0 Å². The first kappa shape index (κ1) is 8.59. The lowest BCUT2D eigenvalue weighted by atomic mass is 10.2. The summed E-state index contributed by atoms with van der Waals surface area (Å²) in [6, 6.07) is 5.38. The topological polar surface area (TPSA) is 38.3 Å². The summed E-state index contributed by atoms with van der Waals surface area (Å²) in [4.78, 5) is 10.1. The maximum atomic E-state index is 10.1. The molecule has 0 heterocycles. The van der Waals surface area contributed by atoms with Crippen molar-refractivity contribution in [3.05, 3.63) is 30.9 Å². The predicted molar refractivity (Wildman–Crippen MR) is 46.9 cm³/mol. The van der Waals surface area contributed by atoms with Crippen LogP contribution in [0.5, 0.6) is 5.75 Å². The van der Waals surface area contributed by atoms with E-state index in [1.54, 1.807) is 6.07 Å². The molecular formula is C9H10NO2. The second kappa shape index (κ2) is 3.76. The number of carbonyl (C=O) groups excluding carboxylic acids is 1. The molecule has 0 fully saturated rings. The van der Waals surface area contributed by atoms with Crippen LogP contribution in [0.4, 0.5) is 5.69 Å². The summed E-state index contributed by atoms with van der Waals surface area (Å²) < 4.78 is 4.78. The van der Waals surface area contributed by atoms with Gasteiger partial charge in [0.1, 0.15) is 12.9 Å². The molecule has 63 valence electrons. The lowest BCUT2D eigenvalue weighted by molar-refractivity contribution is -0.105. The Hall–Kier alpha value is -1.51. The van der Waals surface area contributed by atoms with Crippen LogP contribution < -0.4 is 10.1 Å². The minimum absolute atomic E-state index is 0.627. The van der Waals surface area contributed by atoms with Crippen molar-refractivity contribution in [2.24, 2.45) is 0 Å². The maximum absolute atomic E-state index is 10.1. The number of ether oxygens (including phenoxy) is 1. The molecule has 3 heteroatoms. The standard InChI is InChI=1S/C9H10NO2/c1-7-3-8(10-6-11)5-9(4-7)12-2/h3-6H,2H2,1H3,(H,10,11). The predicted octanol–water partition coefficient (Wildman–Crippen LogP) is 1.73. The Balaban J connectivity index is 2.97. The van der Waals surface area contributed by atoms with Gasteiger partial charge in [0.15, 0.2) is 0 Å². The highest BCUT2D eigenvalue weighted by Crippen LogP contribution is 2.19. The Kier molecular flexibility index (Phi) is 2.69.